The van der Waals surface area contributed by atoms with E-state index in [1.807, 2.05) is 59.5 Å². The summed E-state index contributed by atoms with van der Waals surface area (Å²) in [4.78, 5) is 30.3. The standard InChI is InChI=1S/C24H26N4O2/c29-22-10-4-14-28(22)17-19-6-1-5-18(15-19)16-27-24(30)26-13-11-21-8-2-7-20-9-3-12-25-23(20)21/h1-3,5-9,12,15H,4,10-11,13-14,16-17H2,(H2,26,27,30). The molecule has 6 heteroatoms. The number of amides is 3. The van der Waals surface area contributed by atoms with Crippen molar-refractivity contribution in [3.05, 3.63) is 77.5 Å². The molecule has 3 aromatic rings. The number of hydrogen-bond donors (Lipinski definition) is 2. The van der Waals surface area contributed by atoms with Gasteiger partial charge in [0.25, 0.3) is 0 Å². The monoisotopic (exact) mass is 402 g/mol. The Morgan fingerprint density at radius 1 is 1.03 bits per heavy atom. The molecule has 1 fully saturated rings. The lowest BCUT2D eigenvalue weighted by Crippen LogP contribution is -2.36. The molecular formula is C24H26N4O2. The van der Waals surface area contributed by atoms with Crippen molar-refractivity contribution in [1.82, 2.24) is 20.5 Å². The summed E-state index contributed by atoms with van der Waals surface area (Å²) in [7, 11) is 0. The molecule has 30 heavy (non-hydrogen) atoms. The second kappa shape index (κ2) is 9.39. The number of carbonyl (C=O) groups excluding carboxylic acids is 2. The van der Waals surface area contributed by atoms with Crippen molar-refractivity contribution < 1.29 is 9.59 Å². The van der Waals surface area contributed by atoms with E-state index in [1.165, 1.54) is 0 Å². The molecule has 0 radical (unpaired) electrons. The summed E-state index contributed by atoms with van der Waals surface area (Å²) in [5.74, 6) is 0.222. The van der Waals surface area contributed by atoms with Crippen molar-refractivity contribution in [2.24, 2.45) is 0 Å². The first kappa shape index (κ1) is 19.9. The van der Waals surface area contributed by atoms with Crippen LogP contribution in [0.25, 0.3) is 10.9 Å². The van der Waals surface area contributed by atoms with E-state index in [2.05, 4.69) is 15.6 Å². The molecule has 4 rings (SSSR count). The first-order valence-electron chi connectivity index (χ1n) is 10.4. The van der Waals surface area contributed by atoms with Gasteiger partial charge in [-0.15, -0.1) is 0 Å². The number of fused-ring (bicyclic) bond motifs is 1. The number of nitrogens with zero attached hydrogens (tertiary/aromatic N) is 2. The van der Waals surface area contributed by atoms with E-state index < -0.39 is 0 Å². The van der Waals surface area contributed by atoms with Crippen LogP contribution in [0.1, 0.15) is 29.5 Å². The number of nitrogens with one attached hydrogen (secondary N) is 2. The Hall–Kier alpha value is -3.41. The Morgan fingerprint density at radius 3 is 2.73 bits per heavy atom. The first-order chi connectivity index (χ1) is 14.7. The summed E-state index contributed by atoms with van der Waals surface area (Å²) in [6.07, 6.45) is 4.10. The van der Waals surface area contributed by atoms with Gasteiger partial charge in [-0.25, -0.2) is 4.79 Å². The van der Waals surface area contributed by atoms with E-state index >= 15 is 0 Å². The van der Waals surface area contributed by atoms with Crippen molar-refractivity contribution in [1.29, 1.82) is 0 Å². The molecule has 1 aromatic heterocycles. The molecule has 0 unspecified atom stereocenters. The third kappa shape index (κ3) is 4.95. The lowest BCUT2D eigenvalue weighted by atomic mass is 10.1. The largest absolute Gasteiger partial charge is 0.338 e. The molecule has 0 bridgehead atoms. The maximum Gasteiger partial charge on any atom is 0.315 e. The quantitative estimate of drug-likeness (QED) is 0.636. The molecule has 2 N–H and O–H groups in total. The van der Waals surface area contributed by atoms with Crippen molar-refractivity contribution in [3.8, 4) is 0 Å². The highest BCUT2D eigenvalue weighted by molar-refractivity contribution is 5.81. The number of para-hydroxylation sites is 1. The van der Waals surface area contributed by atoms with Gasteiger partial charge < -0.3 is 15.5 Å². The van der Waals surface area contributed by atoms with Crippen LogP contribution in [0.5, 0.6) is 0 Å². The zero-order chi connectivity index (χ0) is 20.8. The topological polar surface area (TPSA) is 74.3 Å². The molecule has 0 aliphatic carbocycles. The molecule has 1 saturated heterocycles. The number of urea groups is 1. The highest BCUT2D eigenvalue weighted by Gasteiger charge is 2.19. The zero-order valence-electron chi connectivity index (χ0n) is 16.9. The van der Waals surface area contributed by atoms with Gasteiger partial charge >= 0.3 is 6.03 Å². The molecular weight excluding hydrogens is 376 g/mol. The van der Waals surface area contributed by atoms with E-state index in [0.717, 1.165) is 47.0 Å². The van der Waals surface area contributed by atoms with Gasteiger partial charge in [0.2, 0.25) is 5.91 Å². The van der Waals surface area contributed by atoms with E-state index in [0.29, 0.717) is 26.1 Å². The average molecular weight is 402 g/mol. The van der Waals surface area contributed by atoms with Gasteiger partial charge in [0.15, 0.2) is 0 Å². The third-order valence-corrected chi connectivity index (χ3v) is 5.39. The van der Waals surface area contributed by atoms with E-state index in [4.69, 9.17) is 0 Å². The number of benzene rings is 2. The SMILES string of the molecule is O=C(NCCc1cccc2cccnc12)NCc1cccc(CN2CCCC2=O)c1. The summed E-state index contributed by atoms with van der Waals surface area (Å²) >= 11 is 0. The molecule has 154 valence electrons. The molecule has 1 aliphatic heterocycles. The Labute approximate surface area is 176 Å². The minimum absolute atomic E-state index is 0.191. The first-order valence-corrected chi connectivity index (χ1v) is 10.4. The number of aromatic nitrogens is 1. The molecule has 0 saturated carbocycles. The van der Waals surface area contributed by atoms with Gasteiger partial charge in [-0.05, 0) is 35.6 Å². The summed E-state index contributed by atoms with van der Waals surface area (Å²) in [6, 6.07) is 17.9. The summed E-state index contributed by atoms with van der Waals surface area (Å²) in [5, 5.41) is 6.93. The van der Waals surface area contributed by atoms with E-state index in [-0.39, 0.29) is 11.9 Å². The van der Waals surface area contributed by atoms with E-state index in [1.54, 1.807) is 6.20 Å². The molecule has 0 atom stereocenters. The van der Waals surface area contributed by atoms with Crippen LogP contribution in [0, 0.1) is 0 Å². The smallest absolute Gasteiger partial charge is 0.315 e. The van der Waals surface area contributed by atoms with Gasteiger partial charge in [-0.3, -0.25) is 9.78 Å². The number of carbonyl (C=O) groups is 2. The fourth-order valence-corrected chi connectivity index (χ4v) is 3.85. The van der Waals surface area contributed by atoms with Gasteiger partial charge in [-0.1, -0.05) is 48.5 Å². The lowest BCUT2D eigenvalue weighted by Gasteiger charge is -2.16. The van der Waals surface area contributed by atoms with Crippen molar-refractivity contribution in [3.63, 3.8) is 0 Å². The van der Waals surface area contributed by atoms with Gasteiger partial charge in [0.05, 0.1) is 5.52 Å². The maximum atomic E-state index is 12.2. The van der Waals surface area contributed by atoms with E-state index in [9.17, 15) is 9.59 Å². The normalized spacial score (nSPS) is 13.6. The number of rotatable bonds is 7. The van der Waals surface area contributed by atoms with Crippen LogP contribution in [0.4, 0.5) is 4.79 Å². The Balaban J connectivity index is 1.25. The second-order valence-electron chi connectivity index (χ2n) is 7.59. The molecule has 0 spiro atoms. The minimum Gasteiger partial charge on any atom is -0.338 e. The summed E-state index contributed by atoms with van der Waals surface area (Å²) in [6.45, 7) is 2.45. The maximum absolute atomic E-state index is 12.2. The third-order valence-electron chi connectivity index (χ3n) is 5.39. The summed E-state index contributed by atoms with van der Waals surface area (Å²) in [5.41, 5.74) is 4.22. The van der Waals surface area contributed by atoms with Gasteiger partial charge in [-0.2, -0.15) is 0 Å². The average Bonchev–Trinajstić information content (AvgIpc) is 3.17. The van der Waals surface area contributed by atoms with Gasteiger partial charge in [0.1, 0.15) is 0 Å². The van der Waals surface area contributed by atoms with Crippen LogP contribution in [-0.2, 0) is 24.3 Å². The fraction of sp³-hybridized carbons (Fsp3) is 0.292. The predicted molar refractivity (Wildman–Crippen MR) is 117 cm³/mol. The number of likely N-dealkylation sites (tertiary alicyclic amines) is 1. The second-order valence-corrected chi connectivity index (χ2v) is 7.59. The summed E-state index contributed by atoms with van der Waals surface area (Å²) < 4.78 is 0. The van der Waals surface area contributed by atoms with Crippen LogP contribution in [0.15, 0.2) is 60.8 Å². The Kier molecular flexibility index (Phi) is 6.23. The van der Waals surface area contributed by atoms with Crippen molar-refractivity contribution >= 4 is 22.8 Å². The van der Waals surface area contributed by atoms with Crippen molar-refractivity contribution in [2.75, 3.05) is 13.1 Å². The molecule has 2 heterocycles. The lowest BCUT2D eigenvalue weighted by molar-refractivity contribution is -0.128. The molecule has 2 aromatic carbocycles. The van der Waals surface area contributed by atoms with Crippen LogP contribution in [0.2, 0.25) is 0 Å². The molecule has 6 nitrogen and oxygen atoms in total. The Morgan fingerprint density at radius 2 is 1.87 bits per heavy atom. The van der Waals surface area contributed by atoms with Crippen molar-refractivity contribution in [2.45, 2.75) is 32.4 Å². The highest BCUT2D eigenvalue weighted by atomic mass is 16.2. The number of hydrogen-bond acceptors (Lipinski definition) is 3. The molecule has 3 amide bonds. The number of pyridine rings is 1. The zero-order valence-corrected chi connectivity index (χ0v) is 16.9. The van der Waals surface area contributed by atoms with Crippen LogP contribution < -0.4 is 10.6 Å². The predicted octanol–water partition coefficient (Wildman–Crippen LogP) is 3.40. The molecule has 1 aliphatic rings. The van der Waals surface area contributed by atoms with Gasteiger partial charge in [0, 0.05) is 44.2 Å². The fourth-order valence-electron chi connectivity index (χ4n) is 3.85. The van der Waals surface area contributed by atoms with Crippen LogP contribution in [0.3, 0.4) is 0 Å². The van der Waals surface area contributed by atoms with Crippen LogP contribution >= 0.6 is 0 Å². The minimum atomic E-state index is -0.191. The highest BCUT2D eigenvalue weighted by Crippen LogP contribution is 2.16. The Bertz CT molecular complexity index is 1040. The van der Waals surface area contributed by atoms with Crippen LogP contribution in [-0.4, -0.2) is 34.9 Å².